The Morgan fingerprint density at radius 1 is 1.15 bits per heavy atom. The highest BCUT2D eigenvalue weighted by Gasteiger charge is 2.68. The average Bonchev–Trinajstić information content (AvgIpc) is 3.17. The van der Waals surface area contributed by atoms with Crippen molar-refractivity contribution < 1.29 is 24.5 Å². The van der Waals surface area contributed by atoms with Gasteiger partial charge in [0.15, 0.2) is 0 Å². The lowest BCUT2D eigenvalue weighted by Gasteiger charge is -2.36. The number of epoxide rings is 1. The summed E-state index contributed by atoms with van der Waals surface area (Å²) in [4.78, 5) is 12.7. The second kappa shape index (κ2) is 6.21. The molecule has 0 aromatic heterocycles. The molecule has 1 heterocycles. The summed E-state index contributed by atoms with van der Waals surface area (Å²) in [6, 6.07) is 6.11. The molecule has 0 unspecified atom stereocenters. The molecule has 1 aromatic carbocycles. The monoisotopic (exact) mass is 374 g/mol. The van der Waals surface area contributed by atoms with Gasteiger partial charge in [0, 0.05) is 12.3 Å². The van der Waals surface area contributed by atoms with Crippen LogP contribution in [-0.4, -0.2) is 39.6 Å². The van der Waals surface area contributed by atoms with E-state index in [2.05, 4.69) is 20.8 Å². The molecule has 4 rings (SSSR count). The largest absolute Gasteiger partial charge is 0.508 e. The van der Waals surface area contributed by atoms with Crippen molar-refractivity contribution in [2.45, 2.75) is 70.4 Å². The van der Waals surface area contributed by atoms with Crippen LogP contribution in [0.2, 0.25) is 0 Å². The smallest absolute Gasteiger partial charge is 0.338 e. The first kappa shape index (κ1) is 18.8. The number of benzene rings is 1. The van der Waals surface area contributed by atoms with Gasteiger partial charge < -0.3 is 19.7 Å². The van der Waals surface area contributed by atoms with Crippen LogP contribution in [0.5, 0.6) is 5.75 Å². The molecule has 2 saturated carbocycles. The molecule has 5 nitrogen and oxygen atoms in total. The first-order valence-corrected chi connectivity index (χ1v) is 10.00. The van der Waals surface area contributed by atoms with Gasteiger partial charge in [0.1, 0.15) is 11.9 Å². The van der Waals surface area contributed by atoms with E-state index < -0.39 is 11.6 Å². The predicted octanol–water partition coefficient (Wildman–Crippen LogP) is 3.53. The van der Waals surface area contributed by atoms with Crippen LogP contribution in [0.1, 0.15) is 57.3 Å². The molecule has 5 heteroatoms. The molecule has 148 valence electrons. The normalized spacial score (nSPS) is 43.0. The molecule has 2 aliphatic carbocycles. The Labute approximate surface area is 160 Å². The van der Waals surface area contributed by atoms with Crippen LogP contribution in [0.3, 0.4) is 0 Å². The first-order valence-electron chi connectivity index (χ1n) is 10.00. The van der Waals surface area contributed by atoms with Crippen molar-refractivity contribution in [3.05, 3.63) is 29.8 Å². The highest BCUT2D eigenvalue weighted by Crippen LogP contribution is 2.62. The summed E-state index contributed by atoms with van der Waals surface area (Å²) >= 11 is 0. The molecule has 1 aliphatic heterocycles. The molecule has 0 bridgehead atoms. The van der Waals surface area contributed by atoms with Crippen molar-refractivity contribution in [3.8, 4) is 5.75 Å². The fourth-order valence-corrected chi connectivity index (χ4v) is 5.77. The standard InChI is InChI=1S/C22H30O5/c1-12(2)18-15-10-22(4)19(27-22)16(15)9-21(3,25)11-17(18)26-20(24)13-5-7-14(23)8-6-13/h5-8,12,15-19,23,25H,9-11H2,1-4H3/t15-,16+,17+,18+,19+,21-,22-/m1/s1. The van der Waals surface area contributed by atoms with Gasteiger partial charge >= 0.3 is 5.97 Å². The van der Waals surface area contributed by atoms with Gasteiger partial charge in [-0.2, -0.15) is 0 Å². The minimum absolute atomic E-state index is 0.0680. The molecule has 0 amide bonds. The van der Waals surface area contributed by atoms with Crippen molar-refractivity contribution in [2.24, 2.45) is 23.7 Å². The fourth-order valence-electron chi connectivity index (χ4n) is 5.77. The van der Waals surface area contributed by atoms with E-state index in [-0.39, 0.29) is 29.5 Å². The molecular weight excluding hydrogens is 344 g/mol. The van der Waals surface area contributed by atoms with Gasteiger partial charge in [-0.3, -0.25) is 0 Å². The third-order valence-corrected chi connectivity index (χ3v) is 6.89. The van der Waals surface area contributed by atoms with Crippen LogP contribution in [0.25, 0.3) is 0 Å². The number of hydrogen-bond acceptors (Lipinski definition) is 5. The van der Waals surface area contributed by atoms with E-state index >= 15 is 0 Å². The summed E-state index contributed by atoms with van der Waals surface area (Å²) in [7, 11) is 0. The van der Waals surface area contributed by atoms with E-state index in [1.165, 1.54) is 12.1 Å². The molecule has 0 radical (unpaired) electrons. The number of carbonyl (C=O) groups is 1. The quantitative estimate of drug-likeness (QED) is 0.625. The lowest BCUT2D eigenvalue weighted by molar-refractivity contribution is -0.0394. The Hall–Kier alpha value is -1.59. The molecule has 1 saturated heterocycles. The minimum Gasteiger partial charge on any atom is -0.508 e. The lowest BCUT2D eigenvalue weighted by Crippen LogP contribution is -2.38. The summed E-state index contributed by atoms with van der Waals surface area (Å²) in [6.07, 6.45) is 1.98. The van der Waals surface area contributed by atoms with Crippen molar-refractivity contribution in [3.63, 3.8) is 0 Å². The summed E-state index contributed by atoms with van der Waals surface area (Å²) < 4.78 is 11.9. The van der Waals surface area contributed by atoms with Gasteiger partial charge in [0.25, 0.3) is 0 Å². The van der Waals surface area contributed by atoms with E-state index in [0.29, 0.717) is 36.2 Å². The Kier molecular flexibility index (Phi) is 4.32. The van der Waals surface area contributed by atoms with Crippen molar-refractivity contribution in [2.75, 3.05) is 0 Å². The minimum atomic E-state index is -0.885. The Morgan fingerprint density at radius 2 is 1.81 bits per heavy atom. The summed E-state index contributed by atoms with van der Waals surface area (Å²) in [6.45, 7) is 8.37. The molecule has 2 N–H and O–H groups in total. The molecule has 3 aliphatic rings. The summed E-state index contributed by atoms with van der Waals surface area (Å²) in [5, 5.41) is 20.5. The van der Waals surface area contributed by atoms with E-state index in [1.54, 1.807) is 12.1 Å². The number of aliphatic hydroxyl groups is 1. The molecule has 27 heavy (non-hydrogen) atoms. The van der Waals surface area contributed by atoms with E-state index in [0.717, 1.165) is 6.42 Å². The van der Waals surface area contributed by atoms with E-state index in [1.807, 2.05) is 6.92 Å². The topological polar surface area (TPSA) is 79.3 Å². The number of esters is 1. The number of fused-ring (bicyclic) bond motifs is 3. The zero-order valence-corrected chi connectivity index (χ0v) is 16.5. The van der Waals surface area contributed by atoms with Crippen LogP contribution in [0.15, 0.2) is 24.3 Å². The van der Waals surface area contributed by atoms with Gasteiger partial charge in [-0.05, 0) is 68.7 Å². The van der Waals surface area contributed by atoms with Gasteiger partial charge in [-0.25, -0.2) is 4.79 Å². The number of ether oxygens (including phenoxy) is 2. The number of phenolic OH excluding ortho intramolecular Hbond substituents is 1. The SMILES string of the molecule is CC(C)[C@H]1[C@@H]2C[C@@]3(C)O[C@H]3[C@H]2C[C@@](C)(O)C[C@@H]1OC(=O)c1ccc(O)cc1. The molecule has 1 aromatic rings. The van der Waals surface area contributed by atoms with Crippen LogP contribution >= 0.6 is 0 Å². The number of hydrogen-bond donors (Lipinski definition) is 2. The van der Waals surface area contributed by atoms with Crippen LogP contribution in [0, 0.1) is 23.7 Å². The van der Waals surface area contributed by atoms with E-state index in [9.17, 15) is 15.0 Å². The van der Waals surface area contributed by atoms with Crippen LogP contribution in [0.4, 0.5) is 0 Å². The highest BCUT2D eigenvalue weighted by atomic mass is 16.6. The Morgan fingerprint density at radius 3 is 2.44 bits per heavy atom. The lowest BCUT2D eigenvalue weighted by atomic mass is 9.74. The fraction of sp³-hybridized carbons (Fsp3) is 0.682. The summed E-state index contributed by atoms with van der Waals surface area (Å²) in [5.41, 5.74) is -0.536. The highest BCUT2D eigenvalue weighted by molar-refractivity contribution is 5.89. The van der Waals surface area contributed by atoms with Crippen molar-refractivity contribution in [1.29, 1.82) is 0 Å². The number of rotatable bonds is 3. The Bertz CT molecular complexity index is 725. The van der Waals surface area contributed by atoms with Crippen molar-refractivity contribution in [1.82, 2.24) is 0 Å². The summed E-state index contributed by atoms with van der Waals surface area (Å²) in [5.74, 6) is 0.953. The van der Waals surface area contributed by atoms with Gasteiger partial charge in [-0.1, -0.05) is 13.8 Å². The number of aromatic hydroxyl groups is 1. The van der Waals surface area contributed by atoms with Crippen LogP contribution < -0.4 is 0 Å². The predicted molar refractivity (Wildman–Crippen MR) is 100 cm³/mol. The maximum atomic E-state index is 12.7. The van der Waals surface area contributed by atoms with Gasteiger partial charge in [0.05, 0.1) is 22.9 Å². The molecule has 0 spiro atoms. The zero-order valence-electron chi connectivity index (χ0n) is 16.5. The van der Waals surface area contributed by atoms with Crippen LogP contribution in [-0.2, 0) is 9.47 Å². The van der Waals surface area contributed by atoms with Crippen molar-refractivity contribution >= 4 is 5.97 Å². The zero-order chi connectivity index (χ0) is 19.6. The maximum Gasteiger partial charge on any atom is 0.338 e. The number of phenols is 1. The van der Waals surface area contributed by atoms with E-state index in [4.69, 9.17) is 9.47 Å². The second-order valence-electron chi connectivity index (χ2n) is 9.60. The van der Waals surface area contributed by atoms with Gasteiger partial charge in [-0.15, -0.1) is 0 Å². The second-order valence-corrected chi connectivity index (χ2v) is 9.60. The first-order chi connectivity index (χ1) is 12.6. The average molecular weight is 374 g/mol. The maximum absolute atomic E-state index is 12.7. The Balaban J connectivity index is 1.61. The molecular formula is C22H30O5. The third kappa shape index (κ3) is 3.36. The molecule has 3 fully saturated rings. The number of carbonyl (C=O) groups excluding carboxylic acids is 1. The third-order valence-electron chi connectivity index (χ3n) is 6.89. The molecule has 7 atom stereocenters. The van der Waals surface area contributed by atoms with Gasteiger partial charge in [0.2, 0.25) is 0 Å².